The number of hydrogen-bond acceptors (Lipinski definition) is 5. The first-order valence-electron chi connectivity index (χ1n) is 13.2. The average molecular weight is 572 g/mol. The van der Waals surface area contributed by atoms with Crippen molar-refractivity contribution in [3.63, 3.8) is 0 Å². The fraction of sp³-hybridized carbons (Fsp3) is 0.226. The smallest absolute Gasteiger partial charge is 0.337 e. The number of nitrogens with one attached hydrogen (secondary N) is 2. The third kappa shape index (κ3) is 5.69. The molecule has 41 heavy (non-hydrogen) atoms. The summed E-state index contributed by atoms with van der Waals surface area (Å²) in [6.45, 7) is 4.38. The number of hydrogen-bond donors (Lipinski definition) is 2. The Kier molecular flexibility index (Phi) is 8.11. The number of amides is 1. The Morgan fingerprint density at radius 1 is 1.07 bits per heavy atom. The minimum Gasteiger partial charge on any atom is -0.465 e. The van der Waals surface area contributed by atoms with E-state index >= 15 is 0 Å². The standard InChI is InChI=1S/C31H30FN5O3S/c1-19-18-23(20(2)37(19)22-13-11-21(12-14-22)30(39)40-3)29-28(26-10-6-7-16-33-26)35-31(41)36(29)17-15-27(38)34-25-9-5-4-8-24(25)32/h4-14,16,18,28-29H,15,17H2,1-3H3,(H,34,38)(H,35,41). The molecule has 2 atom stereocenters. The number of para-hydroxylation sites is 1. The van der Waals surface area contributed by atoms with Gasteiger partial charge in [-0.3, -0.25) is 9.78 Å². The first-order chi connectivity index (χ1) is 19.8. The second-order valence-electron chi connectivity index (χ2n) is 9.80. The van der Waals surface area contributed by atoms with Crippen LogP contribution in [0.25, 0.3) is 5.69 Å². The molecule has 0 radical (unpaired) electrons. The summed E-state index contributed by atoms with van der Waals surface area (Å²) in [7, 11) is 1.36. The van der Waals surface area contributed by atoms with E-state index in [2.05, 4.69) is 26.3 Å². The van der Waals surface area contributed by atoms with Gasteiger partial charge in [0.05, 0.1) is 36.1 Å². The molecular formula is C31H30FN5O3S. The van der Waals surface area contributed by atoms with E-state index in [0.717, 1.165) is 28.3 Å². The third-order valence-electron chi connectivity index (χ3n) is 7.26. The third-order valence-corrected chi connectivity index (χ3v) is 7.61. The molecule has 0 spiro atoms. The van der Waals surface area contributed by atoms with Gasteiger partial charge in [0.25, 0.3) is 0 Å². The van der Waals surface area contributed by atoms with Crippen LogP contribution in [0.2, 0.25) is 0 Å². The normalized spacial score (nSPS) is 16.4. The number of carbonyl (C=O) groups is 2. The van der Waals surface area contributed by atoms with Gasteiger partial charge in [0.1, 0.15) is 5.82 Å². The van der Waals surface area contributed by atoms with Gasteiger partial charge in [-0.1, -0.05) is 18.2 Å². The van der Waals surface area contributed by atoms with Crippen LogP contribution in [0.1, 0.15) is 51.5 Å². The molecule has 10 heteroatoms. The molecule has 210 valence electrons. The van der Waals surface area contributed by atoms with Gasteiger partial charge in [-0.25, -0.2) is 9.18 Å². The zero-order valence-corrected chi connectivity index (χ0v) is 23.7. The predicted molar refractivity (Wildman–Crippen MR) is 158 cm³/mol. The number of ether oxygens (including phenoxy) is 1. The number of thiocarbonyl (C=S) groups is 1. The molecular weight excluding hydrogens is 541 g/mol. The van der Waals surface area contributed by atoms with E-state index in [1.165, 1.54) is 19.2 Å². The van der Waals surface area contributed by atoms with E-state index in [1.807, 2.05) is 49.1 Å². The second-order valence-corrected chi connectivity index (χ2v) is 10.2. The van der Waals surface area contributed by atoms with Crippen molar-refractivity contribution in [2.75, 3.05) is 19.0 Å². The lowest BCUT2D eigenvalue weighted by molar-refractivity contribution is -0.116. The van der Waals surface area contributed by atoms with Crippen molar-refractivity contribution in [2.45, 2.75) is 32.4 Å². The molecule has 2 N–H and O–H groups in total. The Bertz CT molecular complexity index is 1590. The van der Waals surface area contributed by atoms with E-state index in [4.69, 9.17) is 17.0 Å². The summed E-state index contributed by atoms with van der Waals surface area (Å²) >= 11 is 5.77. The molecule has 2 aromatic heterocycles. The number of pyridine rings is 1. The first kappa shape index (κ1) is 28.0. The summed E-state index contributed by atoms with van der Waals surface area (Å²) in [6.07, 6.45) is 1.85. The minimum atomic E-state index is -0.487. The topological polar surface area (TPSA) is 88.5 Å². The molecule has 1 fully saturated rings. The van der Waals surface area contributed by atoms with Crippen molar-refractivity contribution in [2.24, 2.45) is 0 Å². The van der Waals surface area contributed by atoms with Crippen molar-refractivity contribution in [1.29, 1.82) is 0 Å². The number of esters is 1. The summed E-state index contributed by atoms with van der Waals surface area (Å²) in [5.74, 6) is -1.19. The predicted octanol–water partition coefficient (Wildman–Crippen LogP) is 5.42. The van der Waals surface area contributed by atoms with Crippen molar-refractivity contribution in [3.8, 4) is 5.69 Å². The van der Waals surface area contributed by atoms with Crippen LogP contribution >= 0.6 is 12.2 Å². The molecule has 4 aromatic rings. The van der Waals surface area contributed by atoms with Gasteiger partial charge in [-0.05, 0) is 86.2 Å². The SMILES string of the molecule is COC(=O)c1ccc(-n2c(C)cc(C3C(c4ccccn4)NC(=S)N3CCC(=O)Nc3ccccc3F)c2C)cc1. The van der Waals surface area contributed by atoms with E-state index in [-0.39, 0.29) is 30.1 Å². The quantitative estimate of drug-likeness (QED) is 0.216. The number of methoxy groups -OCH3 is 1. The Morgan fingerprint density at radius 2 is 1.80 bits per heavy atom. The van der Waals surface area contributed by atoms with Crippen molar-refractivity contribution >= 4 is 34.9 Å². The molecule has 5 rings (SSSR count). The van der Waals surface area contributed by atoms with Gasteiger partial charge < -0.3 is 24.8 Å². The molecule has 8 nitrogen and oxygen atoms in total. The number of nitrogens with zero attached hydrogens (tertiary/aromatic N) is 3. The lowest BCUT2D eigenvalue weighted by Crippen LogP contribution is -2.33. The Balaban J connectivity index is 1.47. The van der Waals surface area contributed by atoms with Crippen molar-refractivity contribution in [3.05, 3.63) is 113 Å². The van der Waals surface area contributed by atoms with Crippen molar-refractivity contribution < 1.29 is 18.7 Å². The van der Waals surface area contributed by atoms with E-state index in [0.29, 0.717) is 17.2 Å². The highest BCUT2D eigenvalue weighted by molar-refractivity contribution is 7.80. The number of aromatic nitrogens is 2. The van der Waals surface area contributed by atoms with Crippen molar-refractivity contribution in [1.82, 2.24) is 19.8 Å². The van der Waals surface area contributed by atoms with Crippen LogP contribution < -0.4 is 10.6 Å². The summed E-state index contributed by atoms with van der Waals surface area (Å²) in [5, 5.41) is 6.58. The van der Waals surface area contributed by atoms with Gasteiger partial charge >= 0.3 is 5.97 Å². The number of benzene rings is 2. The average Bonchev–Trinajstić information content (AvgIpc) is 3.47. The van der Waals surface area contributed by atoms with Gasteiger partial charge in [0, 0.05) is 36.2 Å². The molecule has 1 aliphatic heterocycles. The number of carbonyl (C=O) groups excluding carboxylic acids is 2. The van der Waals surface area contributed by atoms with Crippen LogP contribution in [0.3, 0.4) is 0 Å². The highest BCUT2D eigenvalue weighted by atomic mass is 32.1. The molecule has 0 aliphatic carbocycles. The number of halogens is 1. The monoisotopic (exact) mass is 571 g/mol. The summed E-state index contributed by atoms with van der Waals surface area (Å²) in [4.78, 5) is 31.3. The summed E-state index contributed by atoms with van der Waals surface area (Å²) in [6, 6.07) is 20.7. The summed E-state index contributed by atoms with van der Waals surface area (Å²) in [5.41, 5.74) is 5.36. The van der Waals surface area contributed by atoms with E-state index in [1.54, 1.807) is 30.5 Å². The maximum absolute atomic E-state index is 14.1. The molecule has 1 amide bonds. The zero-order valence-electron chi connectivity index (χ0n) is 22.9. The Labute approximate surface area is 243 Å². The fourth-order valence-corrected chi connectivity index (χ4v) is 5.66. The molecule has 2 aromatic carbocycles. The molecule has 1 saturated heterocycles. The number of rotatable bonds is 8. The van der Waals surface area contributed by atoms with Crippen LogP contribution in [0.5, 0.6) is 0 Å². The van der Waals surface area contributed by atoms with Crippen LogP contribution in [-0.4, -0.2) is 45.1 Å². The van der Waals surface area contributed by atoms with Crippen LogP contribution in [0.15, 0.2) is 79.0 Å². The Morgan fingerprint density at radius 3 is 2.49 bits per heavy atom. The number of aryl methyl sites for hydroxylation is 1. The highest BCUT2D eigenvalue weighted by Crippen LogP contribution is 2.41. The highest BCUT2D eigenvalue weighted by Gasteiger charge is 2.41. The number of anilines is 1. The van der Waals surface area contributed by atoms with Gasteiger partial charge in [0.15, 0.2) is 5.11 Å². The molecule has 1 aliphatic rings. The lowest BCUT2D eigenvalue weighted by Gasteiger charge is -2.28. The maximum Gasteiger partial charge on any atom is 0.337 e. The zero-order chi connectivity index (χ0) is 29.1. The molecule has 0 saturated carbocycles. The van der Waals surface area contributed by atoms with E-state index in [9.17, 15) is 14.0 Å². The van der Waals surface area contributed by atoms with Crippen LogP contribution in [-0.2, 0) is 9.53 Å². The van der Waals surface area contributed by atoms with Gasteiger partial charge in [-0.2, -0.15) is 0 Å². The molecule has 2 unspecified atom stereocenters. The maximum atomic E-state index is 14.1. The fourth-order valence-electron chi connectivity index (χ4n) is 5.33. The molecule has 0 bridgehead atoms. The van der Waals surface area contributed by atoms with Crippen LogP contribution in [0, 0.1) is 19.7 Å². The lowest BCUT2D eigenvalue weighted by atomic mass is 9.96. The first-order valence-corrected chi connectivity index (χ1v) is 13.6. The van der Waals surface area contributed by atoms with Gasteiger partial charge in [-0.15, -0.1) is 0 Å². The van der Waals surface area contributed by atoms with Gasteiger partial charge in [0.2, 0.25) is 5.91 Å². The van der Waals surface area contributed by atoms with Crippen LogP contribution in [0.4, 0.5) is 10.1 Å². The largest absolute Gasteiger partial charge is 0.465 e. The second kappa shape index (κ2) is 11.9. The minimum absolute atomic E-state index is 0.106. The summed E-state index contributed by atoms with van der Waals surface area (Å²) < 4.78 is 21.0. The molecule has 3 heterocycles. The Hall–Kier alpha value is -4.57. The van der Waals surface area contributed by atoms with E-state index < -0.39 is 11.8 Å².